The van der Waals surface area contributed by atoms with Gasteiger partial charge in [-0.1, -0.05) is 48.6 Å². The van der Waals surface area contributed by atoms with E-state index in [0.717, 1.165) is 11.1 Å². The maximum Gasteiger partial charge on any atom is 0.193 e. The summed E-state index contributed by atoms with van der Waals surface area (Å²) in [6.45, 7) is 0. The van der Waals surface area contributed by atoms with Crippen molar-refractivity contribution in [3.8, 4) is 5.75 Å². The van der Waals surface area contributed by atoms with Crippen LogP contribution >= 0.6 is 17.7 Å². The van der Waals surface area contributed by atoms with Crippen LogP contribution in [0.15, 0.2) is 60.7 Å². The molecule has 0 bridgehead atoms. The fourth-order valence-electron chi connectivity index (χ4n) is 1.29. The van der Waals surface area contributed by atoms with Crippen LogP contribution in [0.1, 0.15) is 0 Å². The SMILES string of the molecule is S=P(S)(Oc1ccccc1)c1ccccc1. The van der Waals surface area contributed by atoms with Crippen LogP contribution in [0.25, 0.3) is 0 Å². The highest BCUT2D eigenvalue weighted by Crippen LogP contribution is 2.50. The van der Waals surface area contributed by atoms with E-state index in [2.05, 4.69) is 12.2 Å². The topological polar surface area (TPSA) is 9.23 Å². The number of para-hydroxylation sites is 1. The molecule has 0 aliphatic carbocycles. The molecule has 0 amide bonds. The molecule has 1 nitrogen and oxygen atoms in total. The van der Waals surface area contributed by atoms with Crippen LogP contribution in [-0.4, -0.2) is 0 Å². The molecule has 2 aromatic carbocycles. The first-order valence-electron chi connectivity index (χ1n) is 4.81. The molecule has 82 valence electrons. The quantitative estimate of drug-likeness (QED) is 0.671. The van der Waals surface area contributed by atoms with E-state index in [9.17, 15) is 0 Å². The minimum absolute atomic E-state index is 0.768. The lowest BCUT2D eigenvalue weighted by Gasteiger charge is -2.17. The summed E-state index contributed by atoms with van der Waals surface area (Å²) in [5, 5.41) is 0.970. The molecular weight excluding hydrogens is 255 g/mol. The van der Waals surface area contributed by atoms with Crippen molar-refractivity contribution in [2.24, 2.45) is 0 Å². The number of hydrogen-bond acceptors (Lipinski definition) is 2. The molecule has 1 atom stereocenters. The molecule has 0 aliphatic heterocycles. The first-order valence-corrected chi connectivity index (χ1v) is 8.69. The van der Waals surface area contributed by atoms with Crippen LogP contribution in [0.3, 0.4) is 0 Å². The summed E-state index contributed by atoms with van der Waals surface area (Å²) in [5.74, 6) is 0.768. The first kappa shape index (κ1) is 11.7. The molecule has 0 spiro atoms. The fourth-order valence-corrected chi connectivity index (χ4v) is 3.66. The van der Waals surface area contributed by atoms with Crippen molar-refractivity contribution in [3.05, 3.63) is 60.7 Å². The zero-order valence-corrected chi connectivity index (χ0v) is 11.1. The lowest BCUT2D eigenvalue weighted by molar-refractivity contribution is 0.633. The highest BCUT2D eigenvalue weighted by molar-refractivity contribution is 8.64. The Kier molecular flexibility index (Phi) is 3.70. The van der Waals surface area contributed by atoms with Gasteiger partial charge in [-0.2, -0.15) is 0 Å². The van der Waals surface area contributed by atoms with Gasteiger partial charge >= 0.3 is 0 Å². The maximum absolute atomic E-state index is 5.78. The molecule has 0 aromatic heterocycles. The van der Waals surface area contributed by atoms with E-state index in [1.54, 1.807) is 0 Å². The number of hydrogen-bond donors (Lipinski definition) is 1. The second-order valence-electron chi connectivity index (χ2n) is 3.26. The molecule has 0 N–H and O–H groups in total. The molecule has 0 saturated carbocycles. The molecule has 2 rings (SSSR count). The smallest absolute Gasteiger partial charge is 0.193 e. The number of benzene rings is 2. The van der Waals surface area contributed by atoms with Crippen LogP contribution < -0.4 is 9.83 Å². The summed E-state index contributed by atoms with van der Waals surface area (Å²) in [6, 6.07) is 19.3. The Hall–Kier alpha value is -0.760. The van der Waals surface area contributed by atoms with Gasteiger partial charge in [0.05, 0.1) is 0 Å². The van der Waals surface area contributed by atoms with Gasteiger partial charge in [-0.3, -0.25) is 0 Å². The third kappa shape index (κ3) is 2.88. The van der Waals surface area contributed by atoms with E-state index in [4.69, 9.17) is 16.3 Å². The van der Waals surface area contributed by atoms with Crippen molar-refractivity contribution >= 4 is 34.8 Å². The van der Waals surface area contributed by atoms with Crippen molar-refractivity contribution in [2.45, 2.75) is 0 Å². The van der Waals surface area contributed by atoms with Crippen molar-refractivity contribution in [1.82, 2.24) is 0 Å². The zero-order chi connectivity index (χ0) is 11.4. The normalized spacial score (nSPS) is 14.1. The summed E-state index contributed by atoms with van der Waals surface area (Å²) in [6.07, 6.45) is 0. The van der Waals surface area contributed by atoms with Gasteiger partial charge in [-0.05, 0) is 36.1 Å². The van der Waals surface area contributed by atoms with E-state index in [1.165, 1.54) is 0 Å². The van der Waals surface area contributed by atoms with Crippen LogP contribution in [0.2, 0.25) is 0 Å². The Balaban J connectivity index is 2.25. The Bertz CT molecular complexity index is 499. The predicted octanol–water partition coefficient (Wildman–Crippen LogP) is 3.63. The lowest BCUT2D eigenvalue weighted by Crippen LogP contribution is -2.04. The van der Waals surface area contributed by atoms with Gasteiger partial charge in [0.15, 0.2) is 5.47 Å². The summed E-state index contributed by atoms with van der Waals surface area (Å²) < 4.78 is 5.78. The molecule has 16 heavy (non-hydrogen) atoms. The monoisotopic (exact) mass is 266 g/mol. The van der Waals surface area contributed by atoms with Crippen LogP contribution in [0.4, 0.5) is 0 Å². The summed E-state index contributed by atoms with van der Waals surface area (Å²) >= 11 is 9.94. The Morgan fingerprint density at radius 2 is 1.38 bits per heavy atom. The Morgan fingerprint density at radius 1 is 0.875 bits per heavy atom. The molecule has 2 aromatic rings. The average molecular weight is 266 g/mol. The van der Waals surface area contributed by atoms with Gasteiger partial charge in [-0.15, -0.1) is 0 Å². The van der Waals surface area contributed by atoms with Gasteiger partial charge in [0.2, 0.25) is 0 Å². The van der Waals surface area contributed by atoms with Crippen molar-refractivity contribution in [2.75, 3.05) is 0 Å². The standard InChI is InChI=1S/C12H11OPS2/c15-14(16,12-9-5-2-6-10-12)13-11-7-3-1-4-8-11/h1-10H,(H,15,16). The predicted molar refractivity (Wildman–Crippen MR) is 76.4 cm³/mol. The van der Waals surface area contributed by atoms with Gasteiger partial charge in [0.25, 0.3) is 0 Å². The van der Waals surface area contributed by atoms with Gasteiger partial charge in [-0.25, -0.2) is 0 Å². The molecular formula is C12H11OPS2. The van der Waals surface area contributed by atoms with E-state index in [0.29, 0.717) is 0 Å². The molecule has 0 aliphatic rings. The second kappa shape index (κ2) is 5.05. The van der Waals surface area contributed by atoms with Gasteiger partial charge in [0.1, 0.15) is 5.75 Å². The fraction of sp³-hybridized carbons (Fsp3) is 0. The van der Waals surface area contributed by atoms with Crippen molar-refractivity contribution < 1.29 is 4.52 Å². The Labute approximate surface area is 106 Å². The van der Waals surface area contributed by atoms with E-state index >= 15 is 0 Å². The van der Waals surface area contributed by atoms with Crippen molar-refractivity contribution in [1.29, 1.82) is 0 Å². The first-order chi connectivity index (χ1) is 7.68. The van der Waals surface area contributed by atoms with Gasteiger partial charge in [0, 0.05) is 5.30 Å². The zero-order valence-electron chi connectivity index (χ0n) is 8.48. The minimum atomic E-state index is -2.24. The molecule has 0 heterocycles. The third-order valence-corrected chi connectivity index (χ3v) is 5.26. The highest BCUT2D eigenvalue weighted by atomic mass is 32.9. The largest absolute Gasteiger partial charge is 0.453 e. The Morgan fingerprint density at radius 3 is 1.94 bits per heavy atom. The molecule has 0 fully saturated rings. The van der Waals surface area contributed by atoms with Crippen LogP contribution in [-0.2, 0) is 11.8 Å². The van der Waals surface area contributed by atoms with E-state index in [-0.39, 0.29) is 0 Å². The lowest BCUT2D eigenvalue weighted by atomic mass is 10.3. The van der Waals surface area contributed by atoms with Crippen molar-refractivity contribution in [3.63, 3.8) is 0 Å². The minimum Gasteiger partial charge on any atom is -0.453 e. The average Bonchev–Trinajstić information content (AvgIpc) is 2.31. The van der Waals surface area contributed by atoms with E-state index in [1.807, 2.05) is 60.7 Å². The van der Waals surface area contributed by atoms with Crippen LogP contribution in [0.5, 0.6) is 5.75 Å². The molecule has 0 saturated heterocycles. The second-order valence-corrected chi connectivity index (χ2v) is 9.04. The number of rotatable bonds is 3. The highest BCUT2D eigenvalue weighted by Gasteiger charge is 2.16. The third-order valence-electron chi connectivity index (χ3n) is 2.05. The molecule has 4 heteroatoms. The van der Waals surface area contributed by atoms with Crippen LogP contribution in [0, 0.1) is 0 Å². The maximum atomic E-state index is 5.78. The summed E-state index contributed by atoms with van der Waals surface area (Å²) in [5.41, 5.74) is -2.24. The summed E-state index contributed by atoms with van der Waals surface area (Å²) in [4.78, 5) is 0. The van der Waals surface area contributed by atoms with E-state index < -0.39 is 5.47 Å². The van der Waals surface area contributed by atoms with Gasteiger partial charge < -0.3 is 4.52 Å². The number of thiol groups is 1. The molecule has 0 radical (unpaired) electrons. The summed E-state index contributed by atoms with van der Waals surface area (Å²) in [7, 11) is 0. The molecule has 1 unspecified atom stereocenters.